The molecule has 1 heterocycles. The van der Waals surface area contributed by atoms with Crippen molar-refractivity contribution in [1.82, 2.24) is 4.98 Å². The summed E-state index contributed by atoms with van der Waals surface area (Å²) >= 11 is 0. The number of fused-ring (bicyclic) bond motifs is 1. The number of nitrogens with zero attached hydrogens (tertiary/aromatic N) is 1. The lowest BCUT2D eigenvalue weighted by Gasteiger charge is -2.09. The average Bonchev–Trinajstić information content (AvgIpc) is 3.05. The standard InChI is InChI=1S/C20H16N4O2/c25-19(21-14-7-2-1-3-8-14)22-15-9-6-10-16(13-15)23-20-24-17-11-4-5-12-18(17)26-20/h1-13H,(H,23,24)(H2,21,22,25). The molecule has 3 N–H and O–H groups in total. The fourth-order valence-electron chi connectivity index (χ4n) is 2.54. The molecule has 0 aliphatic rings. The summed E-state index contributed by atoms with van der Waals surface area (Å²) in [6.45, 7) is 0. The van der Waals surface area contributed by atoms with Crippen molar-refractivity contribution in [3.8, 4) is 0 Å². The number of anilines is 4. The topological polar surface area (TPSA) is 79.2 Å². The normalized spacial score (nSPS) is 10.5. The zero-order valence-electron chi connectivity index (χ0n) is 13.8. The van der Waals surface area contributed by atoms with E-state index in [2.05, 4.69) is 20.9 Å². The van der Waals surface area contributed by atoms with Crippen molar-refractivity contribution in [2.75, 3.05) is 16.0 Å². The van der Waals surface area contributed by atoms with Crippen molar-refractivity contribution >= 4 is 40.2 Å². The van der Waals surface area contributed by atoms with Gasteiger partial charge in [-0.15, -0.1) is 0 Å². The Labute approximate surface area is 149 Å². The molecule has 0 unspecified atom stereocenters. The van der Waals surface area contributed by atoms with E-state index in [0.717, 1.165) is 16.9 Å². The maximum Gasteiger partial charge on any atom is 0.323 e. The van der Waals surface area contributed by atoms with Gasteiger partial charge in [0.15, 0.2) is 5.58 Å². The number of urea groups is 1. The lowest BCUT2D eigenvalue weighted by Crippen LogP contribution is -2.19. The highest BCUT2D eigenvalue weighted by Gasteiger charge is 2.07. The van der Waals surface area contributed by atoms with Gasteiger partial charge in [-0.3, -0.25) is 0 Å². The van der Waals surface area contributed by atoms with Crippen LogP contribution in [-0.4, -0.2) is 11.0 Å². The van der Waals surface area contributed by atoms with Gasteiger partial charge in [0.1, 0.15) is 5.52 Å². The summed E-state index contributed by atoms with van der Waals surface area (Å²) in [5, 5.41) is 8.69. The molecule has 6 heteroatoms. The van der Waals surface area contributed by atoms with Crippen LogP contribution in [0.15, 0.2) is 83.3 Å². The quantitative estimate of drug-likeness (QED) is 0.474. The van der Waals surface area contributed by atoms with Gasteiger partial charge in [0.25, 0.3) is 6.01 Å². The molecule has 6 nitrogen and oxygen atoms in total. The predicted octanol–water partition coefficient (Wildman–Crippen LogP) is 5.22. The molecule has 0 saturated carbocycles. The van der Waals surface area contributed by atoms with Crippen molar-refractivity contribution in [3.05, 3.63) is 78.9 Å². The minimum absolute atomic E-state index is 0.310. The summed E-state index contributed by atoms with van der Waals surface area (Å²) in [5.41, 5.74) is 3.64. The molecule has 0 radical (unpaired) electrons. The third kappa shape index (κ3) is 3.64. The van der Waals surface area contributed by atoms with Crippen LogP contribution in [-0.2, 0) is 0 Å². The molecule has 0 aliphatic heterocycles. The van der Waals surface area contributed by atoms with Gasteiger partial charge in [-0.2, -0.15) is 4.98 Å². The summed E-state index contributed by atoms with van der Waals surface area (Å²) in [7, 11) is 0. The molecule has 3 aromatic carbocycles. The fourth-order valence-corrected chi connectivity index (χ4v) is 2.54. The second kappa shape index (κ2) is 6.98. The van der Waals surface area contributed by atoms with E-state index in [9.17, 15) is 4.79 Å². The molecular weight excluding hydrogens is 328 g/mol. The van der Waals surface area contributed by atoms with Gasteiger partial charge >= 0.3 is 6.03 Å². The molecule has 0 fully saturated rings. The van der Waals surface area contributed by atoms with Crippen LogP contribution in [0.1, 0.15) is 0 Å². The lowest BCUT2D eigenvalue weighted by molar-refractivity contribution is 0.262. The van der Waals surface area contributed by atoms with Crippen LogP contribution in [0.2, 0.25) is 0 Å². The van der Waals surface area contributed by atoms with E-state index in [-0.39, 0.29) is 6.03 Å². The third-order valence-corrected chi connectivity index (χ3v) is 3.70. The number of oxazole rings is 1. The lowest BCUT2D eigenvalue weighted by atomic mass is 10.3. The summed E-state index contributed by atoms with van der Waals surface area (Å²) in [6.07, 6.45) is 0. The fraction of sp³-hybridized carbons (Fsp3) is 0. The second-order valence-electron chi connectivity index (χ2n) is 5.64. The molecule has 128 valence electrons. The second-order valence-corrected chi connectivity index (χ2v) is 5.64. The average molecular weight is 344 g/mol. The van der Waals surface area contributed by atoms with Gasteiger partial charge in [-0.25, -0.2) is 4.79 Å². The highest BCUT2D eigenvalue weighted by atomic mass is 16.4. The Morgan fingerprint density at radius 1 is 0.769 bits per heavy atom. The number of benzene rings is 3. The van der Waals surface area contributed by atoms with E-state index >= 15 is 0 Å². The van der Waals surface area contributed by atoms with Crippen LogP contribution in [0.5, 0.6) is 0 Å². The minimum atomic E-state index is -0.310. The molecule has 0 aliphatic carbocycles. The van der Waals surface area contributed by atoms with Crippen molar-refractivity contribution in [3.63, 3.8) is 0 Å². The molecule has 0 atom stereocenters. The number of aromatic nitrogens is 1. The van der Waals surface area contributed by atoms with Gasteiger partial charge < -0.3 is 20.4 Å². The number of carbonyl (C=O) groups excluding carboxylic acids is 1. The van der Waals surface area contributed by atoms with Crippen molar-refractivity contribution in [2.24, 2.45) is 0 Å². The van der Waals surface area contributed by atoms with Crippen LogP contribution >= 0.6 is 0 Å². The molecule has 0 saturated heterocycles. The summed E-state index contributed by atoms with van der Waals surface area (Å²) < 4.78 is 5.65. The van der Waals surface area contributed by atoms with Crippen LogP contribution < -0.4 is 16.0 Å². The van der Waals surface area contributed by atoms with Crippen molar-refractivity contribution in [2.45, 2.75) is 0 Å². The SMILES string of the molecule is O=C(Nc1ccccc1)Nc1cccc(Nc2nc3ccccc3o2)c1. The number of hydrogen-bond acceptors (Lipinski definition) is 4. The van der Waals surface area contributed by atoms with Crippen molar-refractivity contribution in [1.29, 1.82) is 0 Å². The monoisotopic (exact) mass is 344 g/mol. The van der Waals surface area contributed by atoms with E-state index in [1.165, 1.54) is 0 Å². The maximum atomic E-state index is 12.1. The van der Waals surface area contributed by atoms with Gasteiger partial charge in [-0.05, 0) is 42.5 Å². The molecule has 0 bridgehead atoms. The maximum absolute atomic E-state index is 12.1. The Morgan fingerprint density at radius 2 is 1.46 bits per heavy atom. The Morgan fingerprint density at radius 3 is 2.31 bits per heavy atom. The zero-order valence-corrected chi connectivity index (χ0v) is 13.8. The summed E-state index contributed by atoms with van der Waals surface area (Å²) in [5.74, 6) is 0. The van der Waals surface area contributed by atoms with E-state index < -0.39 is 0 Å². The first-order chi connectivity index (χ1) is 12.8. The largest absolute Gasteiger partial charge is 0.423 e. The molecule has 0 spiro atoms. The minimum Gasteiger partial charge on any atom is -0.423 e. The molecular formula is C20H16N4O2. The molecule has 1 aromatic heterocycles. The van der Waals surface area contributed by atoms with E-state index in [4.69, 9.17) is 4.42 Å². The predicted molar refractivity (Wildman–Crippen MR) is 103 cm³/mol. The number of amides is 2. The smallest absolute Gasteiger partial charge is 0.323 e. The number of carbonyl (C=O) groups is 1. The van der Waals surface area contributed by atoms with E-state index in [0.29, 0.717) is 17.3 Å². The van der Waals surface area contributed by atoms with E-state index in [1.54, 1.807) is 6.07 Å². The number of rotatable bonds is 4. The van der Waals surface area contributed by atoms with Gasteiger partial charge in [-0.1, -0.05) is 36.4 Å². The Bertz CT molecular complexity index is 1010. The van der Waals surface area contributed by atoms with Gasteiger partial charge in [0, 0.05) is 17.1 Å². The first-order valence-electron chi connectivity index (χ1n) is 8.12. The van der Waals surface area contributed by atoms with Crippen LogP contribution in [0.3, 0.4) is 0 Å². The molecule has 4 rings (SSSR count). The Hall–Kier alpha value is -3.80. The number of nitrogens with one attached hydrogen (secondary N) is 3. The van der Waals surface area contributed by atoms with Crippen LogP contribution in [0.25, 0.3) is 11.1 Å². The van der Waals surface area contributed by atoms with Crippen LogP contribution in [0.4, 0.5) is 27.9 Å². The number of hydrogen-bond donors (Lipinski definition) is 3. The Balaban J connectivity index is 1.45. The molecule has 4 aromatic rings. The van der Waals surface area contributed by atoms with Crippen molar-refractivity contribution < 1.29 is 9.21 Å². The highest BCUT2D eigenvalue weighted by Crippen LogP contribution is 2.23. The van der Waals surface area contributed by atoms with Crippen LogP contribution in [0, 0.1) is 0 Å². The first kappa shape index (κ1) is 15.7. The summed E-state index contributed by atoms with van der Waals surface area (Å²) in [6, 6.07) is 24.2. The van der Waals surface area contributed by atoms with Gasteiger partial charge in [0.2, 0.25) is 0 Å². The Kier molecular flexibility index (Phi) is 4.22. The van der Waals surface area contributed by atoms with E-state index in [1.807, 2.05) is 72.8 Å². The highest BCUT2D eigenvalue weighted by molar-refractivity contribution is 6.00. The van der Waals surface area contributed by atoms with Gasteiger partial charge in [0.05, 0.1) is 0 Å². The zero-order chi connectivity index (χ0) is 17.8. The third-order valence-electron chi connectivity index (χ3n) is 3.70. The number of para-hydroxylation sites is 3. The molecule has 26 heavy (non-hydrogen) atoms. The molecule has 2 amide bonds. The summed E-state index contributed by atoms with van der Waals surface area (Å²) in [4.78, 5) is 16.5. The first-order valence-corrected chi connectivity index (χ1v) is 8.12.